The first kappa shape index (κ1) is 13.1. The van der Waals surface area contributed by atoms with Gasteiger partial charge in [-0.25, -0.2) is 4.79 Å². The molecular weight excluding hydrogens is 264 g/mol. The Kier molecular flexibility index (Phi) is 4.11. The molecule has 0 spiro atoms. The highest BCUT2D eigenvalue weighted by molar-refractivity contribution is 6.30. The summed E-state index contributed by atoms with van der Waals surface area (Å²) in [6, 6.07) is 10.3. The Morgan fingerprint density at radius 3 is 2.95 bits per heavy atom. The number of ether oxygens (including phenoxy) is 1. The van der Waals surface area contributed by atoms with Crippen molar-refractivity contribution in [1.29, 1.82) is 5.26 Å². The highest BCUT2D eigenvalue weighted by Gasteiger charge is 2.09. The summed E-state index contributed by atoms with van der Waals surface area (Å²) in [6.07, 6.45) is 3.11. The van der Waals surface area contributed by atoms with Gasteiger partial charge >= 0.3 is 5.97 Å². The molecule has 0 aliphatic heterocycles. The van der Waals surface area contributed by atoms with Crippen molar-refractivity contribution < 1.29 is 9.53 Å². The highest BCUT2D eigenvalue weighted by Crippen LogP contribution is 2.17. The monoisotopic (exact) mass is 272 g/mol. The normalized spacial score (nSPS) is 9.68. The van der Waals surface area contributed by atoms with Gasteiger partial charge in [-0.05, 0) is 17.7 Å². The van der Waals surface area contributed by atoms with Crippen LogP contribution in [0.2, 0.25) is 5.02 Å². The maximum atomic E-state index is 11.9. The molecule has 1 aromatic heterocycles. The van der Waals surface area contributed by atoms with Crippen LogP contribution in [0, 0.1) is 11.3 Å². The third-order valence-corrected chi connectivity index (χ3v) is 2.54. The highest BCUT2D eigenvalue weighted by atomic mass is 35.5. The second-order valence-electron chi connectivity index (χ2n) is 3.76. The van der Waals surface area contributed by atoms with Crippen molar-refractivity contribution in [2.75, 3.05) is 0 Å². The number of carbonyl (C=O) groups excluding carboxylic acids is 1. The molecule has 94 valence electrons. The molecule has 2 aromatic rings. The summed E-state index contributed by atoms with van der Waals surface area (Å²) in [7, 11) is 0. The van der Waals surface area contributed by atoms with Crippen LogP contribution in [0.4, 0.5) is 0 Å². The summed E-state index contributed by atoms with van der Waals surface area (Å²) < 4.78 is 5.15. The second kappa shape index (κ2) is 5.98. The maximum absolute atomic E-state index is 11.9. The molecule has 0 N–H and O–H groups in total. The van der Waals surface area contributed by atoms with Gasteiger partial charge < -0.3 is 4.74 Å². The van der Waals surface area contributed by atoms with Crippen molar-refractivity contribution >= 4 is 17.6 Å². The zero-order valence-corrected chi connectivity index (χ0v) is 10.6. The van der Waals surface area contributed by atoms with Gasteiger partial charge in [0.15, 0.2) is 5.75 Å². The van der Waals surface area contributed by atoms with E-state index in [2.05, 4.69) is 4.98 Å². The molecule has 1 aromatic carbocycles. The zero-order chi connectivity index (χ0) is 13.7. The van der Waals surface area contributed by atoms with Crippen molar-refractivity contribution in [3.05, 3.63) is 58.9 Å². The lowest BCUT2D eigenvalue weighted by Gasteiger charge is -2.05. The van der Waals surface area contributed by atoms with Crippen molar-refractivity contribution in [2.24, 2.45) is 0 Å². The molecule has 0 aliphatic rings. The molecular formula is C14H9ClN2O2. The lowest BCUT2D eigenvalue weighted by atomic mass is 10.1. The minimum Gasteiger partial charge on any atom is -0.421 e. The van der Waals surface area contributed by atoms with Gasteiger partial charge in [0.2, 0.25) is 0 Å². The van der Waals surface area contributed by atoms with E-state index >= 15 is 0 Å². The largest absolute Gasteiger partial charge is 0.421 e. The SMILES string of the molecule is N#CCc1cccc(C(=O)Oc2cncc(Cl)c2)c1. The summed E-state index contributed by atoms with van der Waals surface area (Å²) in [5.74, 6) is -0.230. The van der Waals surface area contributed by atoms with E-state index in [0.717, 1.165) is 5.56 Å². The Bertz CT molecular complexity index is 650. The molecule has 1 heterocycles. The molecule has 0 aliphatic carbocycles. The van der Waals surface area contributed by atoms with Gasteiger partial charge in [0, 0.05) is 12.3 Å². The summed E-state index contributed by atoms with van der Waals surface area (Å²) >= 11 is 5.75. The number of benzene rings is 1. The lowest BCUT2D eigenvalue weighted by molar-refractivity contribution is 0.0734. The van der Waals surface area contributed by atoms with E-state index in [0.29, 0.717) is 10.6 Å². The molecule has 0 saturated heterocycles. The number of nitriles is 1. The van der Waals surface area contributed by atoms with Gasteiger partial charge in [0.25, 0.3) is 0 Å². The Labute approximate surface area is 115 Å². The standard InChI is InChI=1S/C14H9ClN2O2/c15-12-7-13(9-17-8-12)19-14(18)11-3-1-2-10(6-11)4-5-16/h1-3,6-9H,4H2. The van der Waals surface area contributed by atoms with Crippen LogP contribution in [-0.4, -0.2) is 11.0 Å². The molecule has 0 amide bonds. The van der Waals surface area contributed by atoms with Crippen LogP contribution in [0.15, 0.2) is 42.7 Å². The summed E-state index contributed by atoms with van der Waals surface area (Å²) in [5, 5.41) is 9.02. The van der Waals surface area contributed by atoms with E-state index in [9.17, 15) is 4.79 Å². The number of esters is 1. The van der Waals surface area contributed by atoms with Gasteiger partial charge in [-0.3, -0.25) is 4.98 Å². The molecule has 4 nitrogen and oxygen atoms in total. The van der Waals surface area contributed by atoms with Gasteiger partial charge in [-0.1, -0.05) is 23.7 Å². The quantitative estimate of drug-likeness (QED) is 0.806. The van der Waals surface area contributed by atoms with Crippen LogP contribution >= 0.6 is 11.6 Å². The van der Waals surface area contributed by atoms with Crippen molar-refractivity contribution in [2.45, 2.75) is 6.42 Å². The topological polar surface area (TPSA) is 63.0 Å². The predicted octanol–water partition coefficient (Wildman–Crippen LogP) is 3.02. The molecule has 0 radical (unpaired) electrons. The molecule has 0 atom stereocenters. The number of carbonyl (C=O) groups is 1. The average Bonchev–Trinajstić information content (AvgIpc) is 2.39. The fourth-order valence-electron chi connectivity index (χ4n) is 1.51. The number of pyridine rings is 1. The van der Waals surface area contributed by atoms with Crippen LogP contribution in [0.3, 0.4) is 0 Å². The number of rotatable bonds is 3. The molecule has 0 bridgehead atoms. The number of hydrogen-bond donors (Lipinski definition) is 0. The summed E-state index contributed by atoms with van der Waals surface area (Å²) in [4.78, 5) is 15.7. The average molecular weight is 273 g/mol. The Hall–Kier alpha value is -2.38. The van der Waals surface area contributed by atoms with Crippen LogP contribution in [0.25, 0.3) is 0 Å². The van der Waals surface area contributed by atoms with Gasteiger partial charge in [0.1, 0.15) is 0 Å². The van der Waals surface area contributed by atoms with E-state index in [1.807, 2.05) is 6.07 Å². The van der Waals surface area contributed by atoms with Crippen molar-refractivity contribution in [3.8, 4) is 11.8 Å². The third kappa shape index (κ3) is 3.54. The van der Waals surface area contributed by atoms with Crippen molar-refractivity contribution in [3.63, 3.8) is 0 Å². The lowest BCUT2D eigenvalue weighted by Crippen LogP contribution is -2.09. The second-order valence-corrected chi connectivity index (χ2v) is 4.20. The molecule has 0 fully saturated rings. The Morgan fingerprint density at radius 1 is 1.37 bits per heavy atom. The summed E-state index contributed by atoms with van der Waals surface area (Å²) in [6.45, 7) is 0. The number of hydrogen-bond acceptors (Lipinski definition) is 4. The predicted molar refractivity (Wildman–Crippen MR) is 70.0 cm³/mol. The van der Waals surface area contributed by atoms with E-state index < -0.39 is 5.97 Å². The van der Waals surface area contributed by atoms with Crippen molar-refractivity contribution in [1.82, 2.24) is 4.98 Å². The van der Waals surface area contributed by atoms with Gasteiger partial charge in [0.05, 0.1) is 29.3 Å². The van der Waals surface area contributed by atoms with Crippen LogP contribution in [-0.2, 0) is 6.42 Å². The number of aromatic nitrogens is 1. The van der Waals surface area contributed by atoms with E-state index in [4.69, 9.17) is 21.6 Å². The van der Waals surface area contributed by atoms with Crippen LogP contribution < -0.4 is 4.74 Å². The van der Waals surface area contributed by atoms with Gasteiger partial charge in [-0.15, -0.1) is 0 Å². The fourth-order valence-corrected chi connectivity index (χ4v) is 1.68. The fraction of sp³-hybridized carbons (Fsp3) is 0.0714. The molecule has 2 rings (SSSR count). The molecule has 0 saturated carbocycles. The molecule has 0 unspecified atom stereocenters. The Morgan fingerprint density at radius 2 is 2.21 bits per heavy atom. The first-order valence-corrected chi connectivity index (χ1v) is 5.85. The first-order valence-electron chi connectivity index (χ1n) is 5.47. The van der Waals surface area contributed by atoms with Gasteiger partial charge in [-0.2, -0.15) is 5.26 Å². The van der Waals surface area contributed by atoms with Crippen LogP contribution in [0.5, 0.6) is 5.75 Å². The van der Waals surface area contributed by atoms with E-state index in [1.54, 1.807) is 24.3 Å². The van der Waals surface area contributed by atoms with E-state index in [1.165, 1.54) is 18.5 Å². The van der Waals surface area contributed by atoms with Crippen LogP contribution in [0.1, 0.15) is 15.9 Å². The molecule has 5 heteroatoms. The smallest absolute Gasteiger partial charge is 0.343 e. The minimum atomic E-state index is -0.510. The molecule has 19 heavy (non-hydrogen) atoms. The minimum absolute atomic E-state index is 0.250. The van der Waals surface area contributed by atoms with E-state index in [-0.39, 0.29) is 12.2 Å². The zero-order valence-electron chi connectivity index (χ0n) is 9.84. The maximum Gasteiger partial charge on any atom is 0.343 e. The number of nitrogens with zero attached hydrogens (tertiary/aromatic N) is 2. The third-order valence-electron chi connectivity index (χ3n) is 2.34. The summed E-state index contributed by atoms with van der Waals surface area (Å²) in [5.41, 5.74) is 1.15. The Balaban J connectivity index is 2.16. The number of halogens is 1. The first-order chi connectivity index (χ1) is 9.19.